The van der Waals surface area contributed by atoms with Gasteiger partial charge in [-0.3, -0.25) is 34.3 Å². The summed E-state index contributed by atoms with van der Waals surface area (Å²) in [7, 11) is 0. The van der Waals surface area contributed by atoms with Crippen molar-refractivity contribution >= 4 is 29.3 Å². The minimum atomic E-state index is -0.979. The van der Waals surface area contributed by atoms with Crippen LogP contribution in [0.2, 0.25) is 0 Å². The molecule has 0 bridgehead atoms. The molecule has 3 aliphatic rings. The molecule has 1 aromatic rings. The van der Waals surface area contributed by atoms with Gasteiger partial charge in [-0.25, -0.2) is 0 Å². The van der Waals surface area contributed by atoms with Gasteiger partial charge in [0.05, 0.1) is 37.6 Å². The number of imide groups is 2. The van der Waals surface area contributed by atoms with Crippen LogP contribution in [0.15, 0.2) is 18.2 Å². The molecule has 3 aliphatic heterocycles. The molecule has 0 saturated carbocycles. The lowest BCUT2D eigenvalue weighted by Gasteiger charge is -2.27. The summed E-state index contributed by atoms with van der Waals surface area (Å²) in [4.78, 5) is 52.9. The number of carbonyl (C=O) groups excluding carboxylic acids is 4. The van der Waals surface area contributed by atoms with Crippen molar-refractivity contribution in [3.05, 3.63) is 29.3 Å². The second kappa shape index (κ2) is 11.5. The van der Waals surface area contributed by atoms with Crippen LogP contribution < -0.4 is 16.0 Å². The summed E-state index contributed by atoms with van der Waals surface area (Å²) in [6.07, 6.45) is 0.218. The molecule has 0 aliphatic carbocycles. The molecule has 0 spiro atoms. The first-order valence-corrected chi connectivity index (χ1v) is 11.7. The maximum atomic E-state index is 13.0. The van der Waals surface area contributed by atoms with E-state index in [1.54, 1.807) is 18.2 Å². The van der Waals surface area contributed by atoms with Gasteiger partial charge in [-0.05, 0) is 18.6 Å². The van der Waals surface area contributed by atoms with E-state index in [9.17, 15) is 19.2 Å². The van der Waals surface area contributed by atoms with Crippen molar-refractivity contribution in [1.29, 1.82) is 0 Å². The maximum Gasteiger partial charge on any atom is 0.264 e. The molecule has 1 atom stereocenters. The quantitative estimate of drug-likeness (QED) is 0.286. The van der Waals surface area contributed by atoms with Crippen LogP contribution in [0.4, 0.5) is 5.69 Å². The highest BCUT2D eigenvalue weighted by molar-refractivity contribution is 6.25. The van der Waals surface area contributed by atoms with E-state index in [2.05, 4.69) is 20.9 Å². The first-order chi connectivity index (χ1) is 16.6. The van der Waals surface area contributed by atoms with Crippen LogP contribution >= 0.6 is 0 Å². The van der Waals surface area contributed by atoms with E-state index in [4.69, 9.17) is 9.47 Å². The number of nitrogens with one attached hydrogen (secondary N) is 3. The van der Waals surface area contributed by atoms with E-state index in [-0.39, 0.29) is 24.0 Å². The number of hydrogen-bond acceptors (Lipinski definition) is 9. The van der Waals surface area contributed by atoms with Crippen molar-refractivity contribution in [2.75, 3.05) is 71.0 Å². The van der Waals surface area contributed by atoms with Crippen LogP contribution in [0.3, 0.4) is 0 Å². The molecule has 2 fully saturated rings. The van der Waals surface area contributed by atoms with Crippen molar-refractivity contribution in [2.45, 2.75) is 18.9 Å². The van der Waals surface area contributed by atoms with E-state index < -0.39 is 29.7 Å². The summed E-state index contributed by atoms with van der Waals surface area (Å²) in [5, 5.41) is 8.67. The van der Waals surface area contributed by atoms with E-state index in [0.717, 1.165) is 37.6 Å². The van der Waals surface area contributed by atoms with Gasteiger partial charge in [0.25, 0.3) is 11.8 Å². The molecule has 11 nitrogen and oxygen atoms in total. The molecule has 3 heterocycles. The number of ether oxygens (including phenoxy) is 2. The molecular weight excluding hydrogens is 442 g/mol. The Labute approximate surface area is 198 Å². The molecule has 1 unspecified atom stereocenters. The van der Waals surface area contributed by atoms with Crippen molar-refractivity contribution in [3.8, 4) is 0 Å². The van der Waals surface area contributed by atoms with Crippen molar-refractivity contribution in [1.82, 2.24) is 20.4 Å². The number of carbonyl (C=O) groups is 4. The number of fused-ring (bicyclic) bond motifs is 1. The molecule has 34 heavy (non-hydrogen) atoms. The van der Waals surface area contributed by atoms with Gasteiger partial charge in [-0.1, -0.05) is 6.07 Å². The average Bonchev–Trinajstić information content (AvgIpc) is 3.09. The zero-order valence-electron chi connectivity index (χ0n) is 19.1. The molecule has 0 aromatic heterocycles. The summed E-state index contributed by atoms with van der Waals surface area (Å²) in [6, 6.07) is 4.00. The Kier molecular flexibility index (Phi) is 8.22. The lowest BCUT2D eigenvalue weighted by molar-refractivity contribution is -0.136. The minimum Gasteiger partial charge on any atom is -0.382 e. The Morgan fingerprint density at radius 1 is 0.971 bits per heavy atom. The third-order valence-electron chi connectivity index (χ3n) is 6.16. The number of benzene rings is 1. The number of piperazine rings is 1. The fourth-order valence-electron chi connectivity index (χ4n) is 4.37. The highest BCUT2D eigenvalue weighted by Crippen LogP contribution is 2.32. The minimum absolute atomic E-state index is 0.0890. The Bertz CT molecular complexity index is 932. The van der Waals surface area contributed by atoms with Crippen LogP contribution in [0, 0.1) is 0 Å². The number of hydrogen-bond donors (Lipinski definition) is 3. The van der Waals surface area contributed by atoms with Crippen LogP contribution in [-0.4, -0.2) is 105 Å². The largest absolute Gasteiger partial charge is 0.382 e. The summed E-state index contributed by atoms with van der Waals surface area (Å²) < 4.78 is 11.2. The first kappa shape index (κ1) is 24.3. The van der Waals surface area contributed by atoms with Gasteiger partial charge in [0.1, 0.15) is 6.04 Å². The lowest BCUT2D eigenvalue weighted by atomic mass is 10.0. The molecule has 11 heteroatoms. The molecule has 0 radical (unpaired) electrons. The molecule has 1 aromatic carbocycles. The van der Waals surface area contributed by atoms with Crippen molar-refractivity contribution < 1.29 is 28.7 Å². The number of anilines is 1. The number of amides is 4. The van der Waals surface area contributed by atoms with Gasteiger partial charge in [0.2, 0.25) is 11.8 Å². The third kappa shape index (κ3) is 5.61. The standard InChI is InChI=1S/C23H31N5O6/c29-19-5-4-18(21(30)26-19)28-22(31)16-2-1-3-17(20(16)23(28)32)25-8-12-33-14-15-34-13-11-27-9-6-24-7-10-27/h1-3,18,24-25H,4-15H2,(H,26,29,30). The van der Waals surface area contributed by atoms with E-state index in [0.29, 0.717) is 38.7 Å². The second-order valence-corrected chi connectivity index (χ2v) is 8.42. The van der Waals surface area contributed by atoms with Gasteiger partial charge in [0, 0.05) is 51.4 Å². The van der Waals surface area contributed by atoms with E-state index in [1.165, 1.54) is 0 Å². The second-order valence-electron chi connectivity index (χ2n) is 8.42. The van der Waals surface area contributed by atoms with Crippen LogP contribution in [0.5, 0.6) is 0 Å². The normalized spacial score (nSPS) is 21.1. The molecule has 4 rings (SSSR count). The fourth-order valence-corrected chi connectivity index (χ4v) is 4.37. The molecule has 4 amide bonds. The van der Waals surface area contributed by atoms with Crippen LogP contribution in [0.1, 0.15) is 33.6 Å². The number of piperidine rings is 1. The van der Waals surface area contributed by atoms with Gasteiger partial charge in [-0.2, -0.15) is 0 Å². The first-order valence-electron chi connectivity index (χ1n) is 11.7. The Balaban J connectivity index is 1.20. The highest BCUT2D eigenvalue weighted by atomic mass is 16.5. The number of rotatable bonds is 11. The summed E-state index contributed by atoms with van der Waals surface area (Å²) in [5.41, 5.74) is 1.01. The Morgan fingerprint density at radius 3 is 2.50 bits per heavy atom. The molecular formula is C23H31N5O6. The van der Waals surface area contributed by atoms with E-state index in [1.807, 2.05) is 0 Å². The monoisotopic (exact) mass is 473 g/mol. The Morgan fingerprint density at radius 2 is 1.74 bits per heavy atom. The SMILES string of the molecule is O=C1CCC(N2C(=O)c3cccc(NCCOCCOCCN4CCNCC4)c3C2=O)C(=O)N1. The summed E-state index contributed by atoms with van der Waals surface area (Å²) in [6.45, 7) is 7.58. The zero-order valence-corrected chi connectivity index (χ0v) is 19.1. The molecule has 3 N–H and O–H groups in total. The van der Waals surface area contributed by atoms with Crippen molar-refractivity contribution in [2.24, 2.45) is 0 Å². The van der Waals surface area contributed by atoms with Gasteiger partial charge in [-0.15, -0.1) is 0 Å². The highest BCUT2D eigenvalue weighted by Gasteiger charge is 2.45. The maximum absolute atomic E-state index is 13.0. The average molecular weight is 474 g/mol. The van der Waals surface area contributed by atoms with E-state index >= 15 is 0 Å². The fraction of sp³-hybridized carbons (Fsp3) is 0.565. The van der Waals surface area contributed by atoms with Crippen LogP contribution in [0.25, 0.3) is 0 Å². The van der Waals surface area contributed by atoms with Gasteiger partial charge in [0.15, 0.2) is 0 Å². The summed E-state index contributed by atoms with van der Waals surface area (Å²) in [5.74, 6) is -2.07. The lowest BCUT2D eigenvalue weighted by Crippen LogP contribution is -2.54. The third-order valence-corrected chi connectivity index (χ3v) is 6.16. The zero-order chi connectivity index (χ0) is 23.9. The van der Waals surface area contributed by atoms with Gasteiger partial charge < -0.3 is 20.1 Å². The van der Waals surface area contributed by atoms with Gasteiger partial charge >= 0.3 is 0 Å². The summed E-state index contributed by atoms with van der Waals surface area (Å²) >= 11 is 0. The predicted octanol–water partition coefficient (Wildman–Crippen LogP) is -0.562. The topological polar surface area (TPSA) is 129 Å². The molecule has 2 saturated heterocycles. The predicted molar refractivity (Wildman–Crippen MR) is 123 cm³/mol. The number of nitrogens with zero attached hydrogens (tertiary/aromatic N) is 2. The van der Waals surface area contributed by atoms with Crippen molar-refractivity contribution in [3.63, 3.8) is 0 Å². The molecule has 184 valence electrons. The Hall–Kier alpha value is -2.86. The van der Waals surface area contributed by atoms with Crippen LogP contribution in [-0.2, 0) is 19.1 Å². The smallest absolute Gasteiger partial charge is 0.264 e.